The molecule has 0 atom stereocenters. The van der Waals surface area contributed by atoms with Crippen LogP contribution < -0.4 is 0 Å². The maximum Gasteiger partial charge on any atom is 3.00 e. The molecule has 0 aromatic carbocycles. The van der Waals surface area contributed by atoms with E-state index in [1.165, 1.54) is 0 Å². The van der Waals surface area contributed by atoms with Gasteiger partial charge in [-0.2, -0.15) is 0 Å². The van der Waals surface area contributed by atoms with Gasteiger partial charge >= 0.3 is 131 Å². The van der Waals surface area contributed by atoms with Gasteiger partial charge < -0.3 is 43.7 Å². The second-order valence-corrected chi connectivity index (χ2v) is 3.67. The summed E-state index contributed by atoms with van der Waals surface area (Å²) < 4.78 is 102. The summed E-state index contributed by atoms with van der Waals surface area (Å²) in [5.74, 6) is 0. The van der Waals surface area contributed by atoms with Gasteiger partial charge in [0.25, 0.3) is 0 Å². The Morgan fingerprint density at radius 3 is 0.409 bits per heavy atom. The smallest absolute Gasteiger partial charge is 1.00 e. The van der Waals surface area contributed by atoms with Crippen molar-refractivity contribution in [2.45, 2.75) is 0 Å². The molecule has 117 valence electrons. The molecular formula is AlCa3O15S3. The molecule has 0 aromatic heterocycles. The minimum atomic E-state index is -5.17. The third kappa shape index (κ3) is 856. The summed E-state index contributed by atoms with van der Waals surface area (Å²) in [5, 5.41) is 0. The topological polar surface area (TPSA) is 326 Å². The molecule has 0 saturated heterocycles. The summed E-state index contributed by atoms with van der Waals surface area (Å²) in [6.07, 6.45) is 0. The van der Waals surface area contributed by atoms with E-state index in [0.29, 0.717) is 0 Å². The summed E-state index contributed by atoms with van der Waals surface area (Å²) in [6.45, 7) is 0. The molecule has 0 fully saturated rings. The Labute approximate surface area is 226 Å². The Morgan fingerprint density at radius 1 is 0.409 bits per heavy atom. The number of rotatable bonds is 0. The molecule has 22 heteroatoms. The van der Waals surface area contributed by atoms with Gasteiger partial charge in [-0.1, -0.05) is 0 Å². The van der Waals surface area contributed by atoms with Gasteiger partial charge in [0.1, 0.15) is 0 Å². The van der Waals surface area contributed by atoms with E-state index in [4.69, 9.17) is 52.6 Å². The summed E-state index contributed by atoms with van der Waals surface area (Å²) in [7, 11) is -15.5. The van der Waals surface area contributed by atoms with Crippen LogP contribution >= 0.6 is 0 Å². The van der Waals surface area contributed by atoms with Crippen LogP contribution in [0.3, 0.4) is 0 Å². The van der Waals surface area contributed by atoms with Crippen LogP contribution in [0.15, 0.2) is 0 Å². The van der Waals surface area contributed by atoms with Crippen molar-refractivity contribution >= 4 is 162 Å². The van der Waals surface area contributed by atoms with Gasteiger partial charge in [-0.05, 0) is 0 Å². The summed E-state index contributed by atoms with van der Waals surface area (Å²) in [5.41, 5.74) is 0. The first kappa shape index (κ1) is 63.6. The van der Waals surface area contributed by atoms with E-state index in [1.54, 1.807) is 0 Å². The molecule has 0 unspecified atom stereocenters. The third-order valence-corrected chi connectivity index (χ3v) is 0. The Balaban J connectivity index is -0.0000000106. The van der Waals surface area contributed by atoms with Gasteiger partial charge in [0.2, 0.25) is 0 Å². The standard InChI is InChI=1S/Al.3Ca.3H2O4S.3O/c;;;;3*1-5(2,3)4;;;/h;;;;3*(H2,1,2,3,4);;;/q+3;3*+2;;;;3*-1/p-6. The predicted molar refractivity (Wildman–Crippen MR) is 56.5 cm³/mol. The number of hydrogen-bond acceptors (Lipinski definition) is 15. The molecule has 0 amide bonds. The minimum Gasteiger partial charge on any atom is -1.00 e. The van der Waals surface area contributed by atoms with Crippen molar-refractivity contribution < 1.29 is 69.0 Å². The zero-order valence-corrected chi connectivity index (χ0v) is 20.3. The van der Waals surface area contributed by atoms with Crippen LogP contribution in [-0.4, -0.2) is 183 Å². The van der Waals surface area contributed by atoms with Gasteiger partial charge in [0, 0.05) is 31.2 Å². The summed E-state index contributed by atoms with van der Waals surface area (Å²) in [6, 6.07) is 0. The van der Waals surface area contributed by atoms with Gasteiger partial charge in [-0.15, -0.1) is 0 Å². The molecule has 0 aliphatic carbocycles. The van der Waals surface area contributed by atoms with Crippen LogP contribution in [0.5, 0.6) is 0 Å². The van der Waals surface area contributed by atoms with Crippen LogP contribution in [0.2, 0.25) is 0 Å². The van der Waals surface area contributed by atoms with Crippen molar-refractivity contribution in [2.75, 3.05) is 0 Å². The molecule has 3 radical (unpaired) electrons. The Kier molecular flexibility index (Phi) is 85.4. The van der Waals surface area contributed by atoms with Crippen LogP contribution in [-0.2, 0) is 47.6 Å². The zero-order chi connectivity index (χ0) is 13.5. The van der Waals surface area contributed by atoms with Gasteiger partial charge in [0.15, 0.2) is 0 Å². The average Bonchev–Trinajstić information content (AvgIpc) is 1.41. The average molecular weight is 483 g/mol. The molecule has 0 rings (SSSR count). The molecule has 15 nitrogen and oxygen atoms in total. The fourth-order valence-electron chi connectivity index (χ4n) is 0. The molecule has 0 aliphatic heterocycles. The first-order valence-electron chi connectivity index (χ1n) is 2.00. The molecule has 0 saturated carbocycles. The van der Waals surface area contributed by atoms with Crippen LogP contribution in [0.4, 0.5) is 0 Å². The monoisotopic (exact) mass is 483 g/mol. The third-order valence-electron chi connectivity index (χ3n) is 0. The largest absolute Gasteiger partial charge is 3.00 e. The number of hydrogen-bond donors (Lipinski definition) is 0. The van der Waals surface area contributed by atoms with E-state index in [-0.39, 0.29) is 147 Å². The summed E-state index contributed by atoms with van der Waals surface area (Å²) in [4.78, 5) is 0. The molecule has 0 heterocycles. The Bertz CT molecular complexity index is 351. The van der Waals surface area contributed by atoms with Crippen molar-refractivity contribution in [1.29, 1.82) is 0 Å². The van der Waals surface area contributed by atoms with Gasteiger partial charge in [-0.3, -0.25) is 25.3 Å². The van der Waals surface area contributed by atoms with Crippen LogP contribution in [0, 0.1) is 0 Å². The van der Waals surface area contributed by atoms with E-state index in [1.807, 2.05) is 0 Å². The molecular weight excluding hydrogens is 483 g/mol. The molecule has 22 heavy (non-hydrogen) atoms. The predicted octanol–water partition coefficient (Wildman–Crippen LogP) is -5.89. The van der Waals surface area contributed by atoms with E-state index < -0.39 is 31.2 Å². The van der Waals surface area contributed by atoms with E-state index in [2.05, 4.69) is 0 Å². The van der Waals surface area contributed by atoms with Crippen molar-refractivity contribution in [3.8, 4) is 0 Å². The van der Waals surface area contributed by atoms with E-state index in [9.17, 15) is 0 Å². The quantitative estimate of drug-likeness (QED) is 0.176. The molecule has 0 bridgehead atoms. The Hall–Kier alpha value is 3.80. The SMILES string of the molecule is O=S(=O)([O-])[O-].O=S(=O)([O-])[O-].O=S(=O)([O-])[O-].[Al+3].[Ca+2].[Ca+2].[Ca+2].[O-].[O-].[O-]. The first-order chi connectivity index (χ1) is 6.00. The Morgan fingerprint density at radius 2 is 0.409 bits per heavy atom. The maximum absolute atomic E-state index is 8.52. The minimum absolute atomic E-state index is 0. The van der Waals surface area contributed by atoms with Crippen molar-refractivity contribution in [3.05, 3.63) is 0 Å². The fourth-order valence-corrected chi connectivity index (χ4v) is 0. The summed E-state index contributed by atoms with van der Waals surface area (Å²) >= 11 is 0. The van der Waals surface area contributed by atoms with Crippen LogP contribution in [0.25, 0.3) is 0 Å². The van der Waals surface area contributed by atoms with Crippen molar-refractivity contribution in [2.24, 2.45) is 0 Å². The van der Waals surface area contributed by atoms with Gasteiger partial charge in [-0.25, -0.2) is 0 Å². The molecule has 0 spiro atoms. The van der Waals surface area contributed by atoms with Crippen LogP contribution in [0.1, 0.15) is 0 Å². The second kappa shape index (κ2) is 29.6. The van der Waals surface area contributed by atoms with Crippen molar-refractivity contribution in [1.82, 2.24) is 0 Å². The first-order valence-corrected chi connectivity index (χ1v) is 6.00. The van der Waals surface area contributed by atoms with E-state index in [0.717, 1.165) is 0 Å². The normalized spacial score (nSPS) is 7.91. The second-order valence-electron chi connectivity index (χ2n) is 1.22. The fraction of sp³-hybridized carbons (Fsp3) is 0. The molecule has 0 N–H and O–H groups in total. The molecule has 0 aromatic rings. The molecule has 0 aliphatic rings. The maximum atomic E-state index is 8.52. The zero-order valence-electron chi connectivity index (χ0n) is 10.0. The van der Waals surface area contributed by atoms with Crippen molar-refractivity contribution in [3.63, 3.8) is 0 Å². The van der Waals surface area contributed by atoms with Gasteiger partial charge in [0.05, 0.1) is 0 Å². The van der Waals surface area contributed by atoms with E-state index >= 15 is 0 Å².